The number of nitrogens with two attached hydrogens (primary N) is 1. The van der Waals surface area contributed by atoms with Crippen LogP contribution in [0.15, 0.2) is 0 Å². The van der Waals surface area contributed by atoms with Crippen LogP contribution in [0.5, 0.6) is 0 Å². The second-order valence-corrected chi connectivity index (χ2v) is 9.13. The van der Waals surface area contributed by atoms with Gasteiger partial charge in [0.15, 0.2) is 0 Å². The van der Waals surface area contributed by atoms with E-state index in [-0.39, 0.29) is 23.6 Å². The molecule has 21 heavy (non-hydrogen) atoms. The first kappa shape index (κ1) is 15.6. The van der Waals surface area contributed by atoms with Crippen LogP contribution in [0.25, 0.3) is 0 Å². The molecule has 3 unspecified atom stereocenters. The molecule has 4 rings (SSSR count). The molecule has 0 aromatic heterocycles. The number of rotatable bonds is 5. The maximum atomic E-state index is 14.2. The molecule has 4 nitrogen and oxygen atoms in total. The average molecular weight is 323 g/mol. The molecular weight excluding hydrogens is 300 g/mol. The summed E-state index contributed by atoms with van der Waals surface area (Å²) in [4.78, 5) is 0. The van der Waals surface area contributed by atoms with Gasteiger partial charge >= 0.3 is 0 Å². The minimum absolute atomic E-state index is 0.128. The lowest BCUT2D eigenvalue weighted by Gasteiger charge is -2.60. The van der Waals surface area contributed by atoms with E-state index in [1.54, 1.807) is 0 Å². The summed E-state index contributed by atoms with van der Waals surface area (Å²) in [7, 11) is -4.00. The van der Waals surface area contributed by atoms with Crippen LogP contribution in [0.3, 0.4) is 0 Å². The molecule has 122 valence electrons. The van der Waals surface area contributed by atoms with Crippen LogP contribution in [0.1, 0.15) is 44.9 Å². The zero-order valence-electron chi connectivity index (χ0n) is 12.0. The van der Waals surface area contributed by atoms with Crippen molar-refractivity contribution in [3.8, 4) is 0 Å². The second kappa shape index (κ2) is 4.86. The van der Waals surface area contributed by atoms with E-state index in [0.717, 1.165) is 6.42 Å². The molecule has 3 N–H and O–H groups in total. The minimum atomic E-state index is -4.00. The molecule has 4 fully saturated rings. The lowest BCUT2D eigenvalue weighted by atomic mass is 9.47. The lowest BCUT2D eigenvalue weighted by molar-refractivity contribution is -0.228. The van der Waals surface area contributed by atoms with Crippen molar-refractivity contribution in [1.29, 1.82) is 0 Å². The zero-order valence-corrected chi connectivity index (χ0v) is 12.8. The predicted octanol–water partition coefficient (Wildman–Crippen LogP) is 2.44. The second-order valence-electron chi connectivity index (χ2n) is 7.56. The van der Waals surface area contributed by atoms with Crippen LogP contribution in [-0.2, 0) is 10.1 Å². The molecule has 4 bridgehead atoms. The third-order valence-corrected chi connectivity index (χ3v) is 6.60. The third-order valence-electron chi connectivity index (χ3n) is 5.85. The fraction of sp³-hybridized carbons (Fsp3) is 1.00. The Morgan fingerprint density at radius 2 is 1.76 bits per heavy atom. The van der Waals surface area contributed by atoms with Crippen LogP contribution in [-0.4, -0.2) is 30.7 Å². The van der Waals surface area contributed by atoms with E-state index in [0.29, 0.717) is 38.0 Å². The van der Waals surface area contributed by atoms with Crippen LogP contribution in [0.4, 0.5) is 8.78 Å². The molecule has 4 aliphatic carbocycles. The highest BCUT2D eigenvalue weighted by Crippen LogP contribution is 2.66. The molecule has 5 atom stereocenters. The first-order chi connectivity index (χ1) is 9.60. The highest BCUT2D eigenvalue weighted by Gasteiger charge is 2.63. The topological polar surface area (TPSA) is 80.4 Å². The molecule has 4 aliphatic rings. The summed E-state index contributed by atoms with van der Waals surface area (Å²) in [5, 5.41) is 0. The largest absolute Gasteiger partial charge is 0.328 e. The van der Waals surface area contributed by atoms with E-state index in [1.807, 2.05) is 0 Å². The van der Waals surface area contributed by atoms with Crippen molar-refractivity contribution < 1.29 is 21.8 Å². The molecule has 0 aromatic carbocycles. The van der Waals surface area contributed by atoms with E-state index < -0.39 is 27.9 Å². The zero-order chi connectivity index (χ0) is 15.5. The van der Waals surface area contributed by atoms with Crippen molar-refractivity contribution in [3.63, 3.8) is 0 Å². The normalized spacial score (nSPS) is 42.2. The van der Waals surface area contributed by atoms with Crippen molar-refractivity contribution in [1.82, 2.24) is 0 Å². The van der Waals surface area contributed by atoms with Gasteiger partial charge in [0.25, 0.3) is 16.0 Å². The van der Waals surface area contributed by atoms with E-state index in [9.17, 15) is 17.2 Å². The molecule has 0 aliphatic heterocycles. The Kier molecular flexibility index (Phi) is 3.62. The van der Waals surface area contributed by atoms with Crippen molar-refractivity contribution in [3.05, 3.63) is 0 Å². The van der Waals surface area contributed by atoms with Crippen molar-refractivity contribution in [2.24, 2.45) is 28.9 Å². The fourth-order valence-electron chi connectivity index (χ4n) is 5.27. The quantitative estimate of drug-likeness (QED) is 0.762. The Morgan fingerprint density at radius 1 is 1.19 bits per heavy atom. The third kappa shape index (κ3) is 2.97. The van der Waals surface area contributed by atoms with Gasteiger partial charge in [0, 0.05) is 17.9 Å². The van der Waals surface area contributed by atoms with Gasteiger partial charge in [0.1, 0.15) is 0 Å². The molecule has 0 saturated heterocycles. The minimum Gasteiger partial charge on any atom is -0.328 e. The van der Waals surface area contributed by atoms with Gasteiger partial charge < -0.3 is 5.73 Å². The summed E-state index contributed by atoms with van der Waals surface area (Å²) in [5.41, 5.74) is 5.88. The fourth-order valence-corrected chi connectivity index (χ4v) is 5.87. The van der Waals surface area contributed by atoms with Gasteiger partial charge in [-0.15, -0.1) is 0 Å². The SMILES string of the molecule is NC(CCS(=O)(=O)O)CC12CC3C[C@H](C1)C(F)(F)[C@@H](C3)C2. The van der Waals surface area contributed by atoms with Gasteiger partial charge in [-0.05, 0) is 56.3 Å². The van der Waals surface area contributed by atoms with Gasteiger partial charge in [-0.1, -0.05) is 0 Å². The van der Waals surface area contributed by atoms with E-state index in [4.69, 9.17) is 10.3 Å². The van der Waals surface area contributed by atoms with Crippen LogP contribution in [0.2, 0.25) is 0 Å². The summed E-state index contributed by atoms with van der Waals surface area (Å²) in [6.07, 6.45) is 4.05. The maximum absolute atomic E-state index is 14.2. The predicted molar refractivity (Wildman–Crippen MR) is 74.6 cm³/mol. The average Bonchev–Trinajstić information content (AvgIpc) is 2.32. The lowest BCUT2D eigenvalue weighted by Crippen LogP contribution is -2.58. The summed E-state index contributed by atoms with van der Waals surface area (Å²) in [5.74, 6) is -3.53. The molecule has 0 radical (unpaired) electrons. The van der Waals surface area contributed by atoms with Gasteiger partial charge in [-0.2, -0.15) is 8.42 Å². The molecular formula is C14H23F2NO3S. The van der Waals surface area contributed by atoms with E-state index >= 15 is 0 Å². The Hall–Kier alpha value is -0.270. The van der Waals surface area contributed by atoms with Crippen LogP contribution >= 0.6 is 0 Å². The van der Waals surface area contributed by atoms with E-state index in [1.165, 1.54) is 0 Å². The first-order valence-electron chi connectivity index (χ1n) is 7.68. The molecule has 0 heterocycles. The summed E-state index contributed by atoms with van der Waals surface area (Å²) >= 11 is 0. The van der Waals surface area contributed by atoms with Crippen molar-refractivity contribution in [2.75, 3.05) is 5.75 Å². The van der Waals surface area contributed by atoms with Gasteiger partial charge in [0.2, 0.25) is 0 Å². The highest BCUT2D eigenvalue weighted by atomic mass is 32.2. The van der Waals surface area contributed by atoms with Crippen LogP contribution in [0, 0.1) is 23.2 Å². The molecule has 7 heteroatoms. The first-order valence-corrected chi connectivity index (χ1v) is 9.29. The molecule has 0 aromatic rings. The summed E-state index contributed by atoms with van der Waals surface area (Å²) in [6.45, 7) is 0. The van der Waals surface area contributed by atoms with Crippen molar-refractivity contribution >= 4 is 10.1 Å². The number of hydrogen-bond acceptors (Lipinski definition) is 3. The number of alkyl halides is 2. The summed E-state index contributed by atoms with van der Waals surface area (Å²) in [6, 6.07) is -0.350. The Labute approximate surface area is 124 Å². The van der Waals surface area contributed by atoms with Crippen LogP contribution < -0.4 is 5.73 Å². The number of halogens is 2. The monoisotopic (exact) mass is 323 g/mol. The Balaban J connectivity index is 1.66. The maximum Gasteiger partial charge on any atom is 0.264 e. The number of hydrogen-bond donors (Lipinski definition) is 2. The Morgan fingerprint density at radius 3 is 2.29 bits per heavy atom. The van der Waals surface area contributed by atoms with Gasteiger partial charge in [-0.3, -0.25) is 4.55 Å². The Bertz CT molecular complexity index is 504. The molecule has 0 spiro atoms. The standard InChI is InChI=1S/C14H23F2NO3S/c15-14(16)10-3-9-4-11(14)7-13(5-9,6-10)8-12(17)1-2-21(18,19)20/h9-12H,1-8,17H2,(H,18,19,20)/t9?,10-,11+,12?,13?. The smallest absolute Gasteiger partial charge is 0.264 e. The molecule has 4 saturated carbocycles. The van der Waals surface area contributed by atoms with Crippen molar-refractivity contribution in [2.45, 2.75) is 56.9 Å². The van der Waals surface area contributed by atoms with E-state index in [2.05, 4.69) is 0 Å². The van der Waals surface area contributed by atoms with Gasteiger partial charge in [0.05, 0.1) is 5.75 Å². The summed E-state index contributed by atoms with van der Waals surface area (Å²) < 4.78 is 58.7. The molecule has 0 amide bonds. The van der Waals surface area contributed by atoms with Gasteiger partial charge in [-0.25, -0.2) is 8.78 Å². The highest BCUT2D eigenvalue weighted by molar-refractivity contribution is 7.85.